The normalized spacial score (nSPS) is 26.8. The molecule has 15 nitrogen and oxygen atoms in total. The molecule has 0 spiro atoms. The largest absolute Gasteiger partial charge is 0.462 e. The Morgan fingerprint density at radius 2 is 0.906 bits per heavy atom. The monoisotopic (exact) mass is 917 g/mol. The van der Waals surface area contributed by atoms with Crippen molar-refractivity contribution in [3.8, 4) is 0 Å². The highest BCUT2D eigenvalue weighted by atomic mass is 16.7. The molecule has 64 heavy (non-hydrogen) atoms. The number of carbonyl (C=O) groups is 2. The molecule has 0 bridgehead atoms. The second-order valence-electron chi connectivity index (χ2n) is 17.6. The maximum Gasteiger partial charge on any atom is 0.306 e. The Morgan fingerprint density at radius 3 is 1.42 bits per heavy atom. The molecule has 2 aliphatic heterocycles. The fraction of sp³-hybridized carbons (Fsp3) is 0.878. The fourth-order valence-electron chi connectivity index (χ4n) is 7.72. The molecule has 0 aromatic carbocycles. The number of rotatable bonds is 38. The summed E-state index contributed by atoms with van der Waals surface area (Å²) in [6.07, 6.45) is 19.3. The Hall–Kier alpha value is -2.02. The molecule has 15 heteroatoms. The van der Waals surface area contributed by atoms with E-state index in [-0.39, 0.29) is 26.1 Å². The van der Waals surface area contributed by atoms with Crippen LogP contribution in [0.1, 0.15) is 181 Å². The number of unbranched alkanes of at least 4 members (excludes halogenated alkanes) is 20. The summed E-state index contributed by atoms with van der Waals surface area (Å²) in [5, 5.41) is 72.0. The third-order valence-electron chi connectivity index (χ3n) is 11.9. The third-order valence-corrected chi connectivity index (χ3v) is 11.9. The maximum absolute atomic E-state index is 13.0. The van der Waals surface area contributed by atoms with E-state index in [1.165, 1.54) is 70.6 Å². The highest BCUT2D eigenvalue weighted by Crippen LogP contribution is 2.26. The Balaban J connectivity index is 1.82. The van der Waals surface area contributed by atoms with Gasteiger partial charge in [0.2, 0.25) is 0 Å². The van der Waals surface area contributed by atoms with Crippen LogP contribution in [0, 0.1) is 0 Å². The molecule has 4 unspecified atom stereocenters. The van der Waals surface area contributed by atoms with Crippen molar-refractivity contribution in [2.75, 3.05) is 26.4 Å². The number of aliphatic hydroxyl groups excluding tert-OH is 7. The van der Waals surface area contributed by atoms with Crippen molar-refractivity contribution >= 4 is 11.9 Å². The molecule has 0 radical (unpaired) electrons. The highest BCUT2D eigenvalue weighted by molar-refractivity contribution is 5.70. The molecule has 374 valence electrons. The Morgan fingerprint density at radius 1 is 0.484 bits per heavy atom. The summed E-state index contributed by atoms with van der Waals surface area (Å²) in [6, 6.07) is 0. The first kappa shape index (κ1) is 58.1. The second-order valence-corrected chi connectivity index (χ2v) is 17.6. The van der Waals surface area contributed by atoms with E-state index in [4.69, 9.17) is 28.4 Å². The first-order valence-corrected chi connectivity index (χ1v) is 24.9. The van der Waals surface area contributed by atoms with Crippen LogP contribution < -0.4 is 0 Å². The van der Waals surface area contributed by atoms with Crippen LogP contribution in [0.25, 0.3) is 0 Å². The zero-order valence-electron chi connectivity index (χ0n) is 39.3. The van der Waals surface area contributed by atoms with Gasteiger partial charge in [0.1, 0.15) is 55.4 Å². The van der Waals surface area contributed by atoms with Crippen molar-refractivity contribution in [2.45, 2.75) is 248 Å². The Kier molecular flexibility index (Phi) is 33.6. The summed E-state index contributed by atoms with van der Waals surface area (Å²) < 4.78 is 33.5. The van der Waals surface area contributed by atoms with Gasteiger partial charge in [0.05, 0.1) is 19.8 Å². The minimum atomic E-state index is -1.76. The molecule has 0 aliphatic carbocycles. The lowest BCUT2D eigenvalue weighted by Crippen LogP contribution is -2.61. The lowest BCUT2D eigenvalue weighted by molar-refractivity contribution is -0.332. The zero-order chi connectivity index (χ0) is 46.8. The van der Waals surface area contributed by atoms with Crippen molar-refractivity contribution < 1.29 is 73.8 Å². The van der Waals surface area contributed by atoms with Crippen molar-refractivity contribution in [1.29, 1.82) is 0 Å². The number of allylic oxidation sites excluding steroid dienone is 4. The van der Waals surface area contributed by atoms with Crippen LogP contribution >= 0.6 is 0 Å². The van der Waals surface area contributed by atoms with Crippen molar-refractivity contribution in [1.82, 2.24) is 0 Å². The molecule has 2 heterocycles. The average Bonchev–Trinajstić information content (AvgIpc) is 3.29. The van der Waals surface area contributed by atoms with Gasteiger partial charge in [-0.15, -0.1) is 0 Å². The molecule has 0 aromatic rings. The summed E-state index contributed by atoms with van der Waals surface area (Å²) in [5.74, 6) is -0.939. The zero-order valence-corrected chi connectivity index (χ0v) is 39.3. The number of ether oxygens (including phenoxy) is 6. The van der Waals surface area contributed by atoms with E-state index in [2.05, 4.69) is 38.2 Å². The van der Waals surface area contributed by atoms with Gasteiger partial charge in [-0.05, 0) is 57.8 Å². The third kappa shape index (κ3) is 25.2. The van der Waals surface area contributed by atoms with Gasteiger partial charge in [-0.1, -0.05) is 134 Å². The Labute approximate surface area is 383 Å². The van der Waals surface area contributed by atoms with Gasteiger partial charge in [0.25, 0.3) is 0 Å². The molecule has 2 rings (SSSR count). The molecular weight excluding hydrogens is 829 g/mol. The quantitative estimate of drug-likeness (QED) is 0.0203. The van der Waals surface area contributed by atoms with E-state index in [1.54, 1.807) is 0 Å². The molecule has 2 fully saturated rings. The summed E-state index contributed by atoms with van der Waals surface area (Å²) >= 11 is 0. The summed E-state index contributed by atoms with van der Waals surface area (Å²) in [5.41, 5.74) is 0. The van der Waals surface area contributed by atoms with E-state index in [1.807, 2.05) is 0 Å². The first-order valence-electron chi connectivity index (χ1n) is 24.9. The van der Waals surface area contributed by atoms with Crippen LogP contribution in [0.15, 0.2) is 24.3 Å². The molecule has 7 N–H and O–H groups in total. The first-order chi connectivity index (χ1) is 31.0. The lowest BCUT2D eigenvalue weighted by Gasteiger charge is -2.42. The molecular formula is C49H88O15. The Bertz CT molecular complexity index is 1220. The molecule has 2 aliphatic rings. The number of aliphatic hydroxyl groups is 7. The number of esters is 2. The average molecular weight is 917 g/mol. The second kappa shape index (κ2) is 37.0. The van der Waals surface area contributed by atoms with Gasteiger partial charge in [-0.2, -0.15) is 0 Å². The standard InChI is InChI=1S/C49H88O15/c1-3-5-7-9-11-13-15-16-17-18-19-20-22-24-26-28-30-32-41(52)62-37(34-59-40(51)31-29-27-25-23-21-14-12-10-8-6-4-2)35-60-48-47(58)45(56)43(54)39(64-48)36-61-49-46(57)44(55)42(53)38(33-50)63-49/h10,12,16-17,37-39,42-50,53-58H,3-9,11,13-15,18-36H2,1-2H3/b12-10+,17-16+/t37-,38+,39+,42-,43-,44?,45?,46?,47?,48+,49+/m1/s1. The van der Waals surface area contributed by atoms with Gasteiger partial charge in [-0.25, -0.2) is 0 Å². The van der Waals surface area contributed by atoms with Crippen LogP contribution in [0.3, 0.4) is 0 Å². The van der Waals surface area contributed by atoms with E-state index < -0.39 is 92.7 Å². The molecule has 0 aromatic heterocycles. The molecule has 2 saturated heterocycles. The van der Waals surface area contributed by atoms with Gasteiger partial charge >= 0.3 is 11.9 Å². The van der Waals surface area contributed by atoms with E-state index >= 15 is 0 Å². The van der Waals surface area contributed by atoms with Crippen LogP contribution in [0.5, 0.6) is 0 Å². The molecule has 0 amide bonds. The van der Waals surface area contributed by atoms with Crippen LogP contribution in [-0.2, 0) is 38.0 Å². The van der Waals surface area contributed by atoms with Crippen LogP contribution in [0.4, 0.5) is 0 Å². The topological polar surface area (TPSA) is 231 Å². The number of hydrogen-bond acceptors (Lipinski definition) is 15. The van der Waals surface area contributed by atoms with Gasteiger partial charge in [0, 0.05) is 12.8 Å². The summed E-state index contributed by atoms with van der Waals surface area (Å²) in [6.45, 7) is 2.53. The fourth-order valence-corrected chi connectivity index (χ4v) is 7.72. The molecule has 0 saturated carbocycles. The van der Waals surface area contributed by atoms with E-state index in [0.717, 1.165) is 70.6 Å². The predicted octanol–water partition coefficient (Wildman–Crippen LogP) is 6.38. The van der Waals surface area contributed by atoms with Crippen molar-refractivity contribution in [2.24, 2.45) is 0 Å². The number of carbonyl (C=O) groups excluding carboxylic acids is 2. The lowest BCUT2D eigenvalue weighted by atomic mass is 9.98. The SMILES string of the molecule is CCCC/C=C/CCCCCCCC(=O)OC[C@H](CO[C@H]1O[C@@H](CO[C@H]2O[C@@H](CO)[C@@H](O)C(O)C2O)[C@@H](O)C(O)C1O)OC(=O)CCCCCCCCC/C=C/CCCCCCCC. The van der Waals surface area contributed by atoms with Gasteiger partial charge in [0.15, 0.2) is 18.7 Å². The highest BCUT2D eigenvalue weighted by Gasteiger charge is 2.47. The predicted molar refractivity (Wildman–Crippen MR) is 243 cm³/mol. The smallest absolute Gasteiger partial charge is 0.306 e. The van der Waals surface area contributed by atoms with Crippen molar-refractivity contribution in [3.05, 3.63) is 24.3 Å². The number of hydrogen-bond donors (Lipinski definition) is 7. The van der Waals surface area contributed by atoms with Gasteiger partial charge in [-0.3, -0.25) is 9.59 Å². The summed E-state index contributed by atoms with van der Waals surface area (Å²) in [4.78, 5) is 25.7. The van der Waals surface area contributed by atoms with E-state index in [0.29, 0.717) is 12.8 Å². The van der Waals surface area contributed by atoms with Crippen LogP contribution in [0.2, 0.25) is 0 Å². The minimum absolute atomic E-state index is 0.160. The van der Waals surface area contributed by atoms with E-state index in [9.17, 15) is 45.3 Å². The van der Waals surface area contributed by atoms with Crippen molar-refractivity contribution in [3.63, 3.8) is 0 Å². The van der Waals surface area contributed by atoms with Gasteiger partial charge < -0.3 is 64.2 Å². The molecule has 11 atom stereocenters. The maximum atomic E-state index is 13.0. The summed E-state index contributed by atoms with van der Waals surface area (Å²) in [7, 11) is 0. The van der Waals surface area contributed by atoms with Crippen LogP contribution in [-0.4, -0.2) is 142 Å². The minimum Gasteiger partial charge on any atom is -0.462 e.